The number of hydrogen-bond acceptors (Lipinski definition) is 3. The zero-order valence-electron chi connectivity index (χ0n) is 15.5. The zero-order chi connectivity index (χ0) is 17.6. The highest BCUT2D eigenvalue weighted by atomic mass is 16.5. The van der Waals surface area contributed by atoms with Crippen molar-refractivity contribution < 1.29 is 9.47 Å². The predicted molar refractivity (Wildman–Crippen MR) is 103 cm³/mol. The molecule has 25 heavy (non-hydrogen) atoms. The number of hydrogen-bond donors (Lipinski definition) is 2. The molecule has 1 aromatic rings. The lowest BCUT2D eigenvalue weighted by Crippen LogP contribution is -2.38. The molecule has 1 aliphatic heterocycles. The summed E-state index contributed by atoms with van der Waals surface area (Å²) in [6, 6.07) is 10.5. The monoisotopic (exact) mass is 347 g/mol. The molecule has 0 saturated carbocycles. The Kier molecular flexibility index (Phi) is 10.0. The fraction of sp³-hybridized carbons (Fsp3) is 0.650. The van der Waals surface area contributed by atoms with Crippen LogP contribution in [-0.2, 0) is 15.9 Å². The second-order valence-electron chi connectivity index (χ2n) is 6.41. The highest BCUT2D eigenvalue weighted by Crippen LogP contribution is 2.14. The van der Waals surface area contributed by atoms with Gasteiger partial charge in [-0.25, -0.2) is 0 Å². The van der Waals surface area contributed by atoms with Crippen molar-refractivity contribution in [3.63, 3.8) is 0 Å². The SMILES string of the molecule is CCNC(=NCCCOCC1CCOCC1)NCCc1ccccc1. The van der Waals surface area contributed by atoms with Gasteiger partial charge in [0, 0.05) is 46.1 Å². The van der Waals surface area contributed by atoms with Crippen LogP contribution < -0.4 is 10.6 Å². The van der Waals surface area contributed by atoms with Gasteiger partial charge in [0.25, 0.3) is 0 Å². The zero-order valence-corrected chi connectivity index (χ0v) is 15.5. The normalized spacial score (nSPS) is 16.0. The summed E-state index contributed by atoms with van der Waals surface area (Å²) < 4.78 is 11.2. The van der Waals surface area contributed by atoms with Crippen LogP contribution in [0.15, 0.2) is 35.3 Å². The fourth-order valence-corrected chi connectivity index (χ4v) is 2.83. The van der Waals surface area contributed by atoms with Gasteiger partial charge in [0.15, 0.2) is 5.96 Å². The van der Waals surface area contributed by atoms with Gasteiger partial charge in [-0.2, -0.15) is 0 Å². The molecule has 5 heteroatoms. The van der Waals surface area contributed by atoms with Crippen LogP contribution in [0.4, 0.5) is 0 Å². The van der Waals surface area contributed by atoms with Gasteiger partial charge >= 0.3 is 0 Å². The molecule has 1 aliphatic rings. The molecule has 2 rings (SSSR count). The number of guanidine groups is 1. The van der Waals surface area contributed by atoms with E-state index in [4.69, 9.17) is 9.47 Å². The lowest BCUT2D eigenvalue weighted by atomic mass is 10.0. The van der Waals surface area contributed by atoms with Gasteiger partial charge in [0.1, 0.15) is 0 Å². The number of benzene rings is 1. The Labute approximate surface area is 152 Å². The largest absolute Gasteiger partial charge is 0.381 e. The summed E-state index contributed by atoms with van der Waals surface area (Å²) in [5.74, 6) is 1.57. The molecule has 0 aliphatic carbocycles. The number of nitrogens with one attached hydrogen (secondary N) is 2. The standard InChI is InChI=1S/C20H33N3O2/c1-2-21-20(23-13-9-18-7-4-3-5-8-18)22-12-6-14-25-17-19-10-15-24-16-11-19/h3-5,7-8,19H,2,6,9-17H2,1H3,(H2,21,22,23). The quantitative estimate of drug-likeness (QED) is 0.388. The minimum atomic E-state index is 0.675. The summed E-state index contributed by atoms with van der Waals surface area (Å²) in [5.41, 5.74) is 1.34. The lowest BCUT2D eigenvalue weighted by molar-refractivity contribution is 0.0205. The van der Waals surface area contributed by atoms with Gasteiger partial charge in [-0.1, -0.05) is 30.3 Å². The van der Waals surface area contributed by atoms with Crippen LogP contribution in [0.2, 0.25) is 0 Å². The second kappa shape index (κ2) is 12.7. The molecule has 1 heterocycles. The number of rotatable bonds is 10. The van der Waals surface area contributed by atoms with E-state index in [1.807, 2.05) is 6.07 Å². The Morgan fingerprint density at radius 1 is 1.20 bits per heavy atom. The predicted octanol–water partition coefficient (Wildman–Crippen LogP) is 2.62. The third kappa shape index (κ3) is 8.89. The second-order valence-corrected chi connectivity index (χ2v) is 6.41. The van der Waals surface area contributed by atoms with E-state index in [-0.39, 0.29) is 0 Å². The Bertz CT molecular complexity index is 473. The van der Waals surface area contributed by atoms with E-state index in [1.54, 1.807) is 0 Å². The molecule has 0 bridgehead atoms. The summed E-state index contributed by atoms with van der Waals surface area (Å²) in [4.78, 5) is 4.62. The minimum Gasteiger partial charge on any atom is -0.381 e. The summed E-state index contributed by atoms with van der Waals surface area (Å²) in [6.45, 7) is 8.05. The van der Waals surface area contributed by atoms with Crippen LogP contribution in [0, 0.1) is 5.92 Å². The first-order valence-corrected chi connectivity index (χ1v) is 9.60. The van der Waals surface area contributed by atoms with Gasteiger partial charge in [-0.15, -0.1) is 0 Å². The Hall–Kier alpha value is -1.59. The van der Waals surface area contributed by atoms with Crippen molar-refractivity contribution in [3.8, 4) is 0 Å². The summed E-state index contributed by atoms with van der Waals surface area (Å²) >= 11 is 0. The minimum absolute atomic E-state index is 0.675. The molecule has 0 atom stereocenters. The first-order chi connectivity index (χ1) is 12.4. The van der Waals surface area contributed by atoms with Crippen LogP contribution in [0.1, 0.15) is 31.7 Å². The maximum absolute atomic E-state index is 5.79. The van der Waals surface area contributed by atoms with Crippen molar-refractivity contribution in [2.24, 2.45) is 10.9 Å². The molecule has 0 amide bonds. The van der Waals surface area contributed by atoms with Crippen molar-refractivity contribution in [2.75, 3.05) is 46.1 Å². The van der Waals surface area contributed by atoms with E-state index in [1.165, 1.54) is 5.56 Å². The van der Waals surface area contributed by atoms with E-state index in [0.29, 0.717) is 5.92 Å². The van der Waals surface area contributed by atoms with Crippen LogP contribution in [-0.4, -0.2) is 52.0 Å². The Balaban J connectivity index is 1.56. The van der Waals surface area contributed by atoms with E-state index >= 15 is 0 Å². The van der Waals surface area contributed by atoms with E-state index in [0.717, 1.165) is 77.7 Å². The molecule has 1 aromatic carbocycles. The molecular formula is C20H33N3O2. The van der Waals surface area contributed by atoms with Gasteiger partial charge in [-0.05, 0) is 44.1 Å². The highest BCUT2D eigenvalue weighted by Gasteiger charge is 2.13. The maximum Gasteiger partial charge on any atom is 0.191 e. The van der Waals surface area contributed by atoms with Crippen molar-refractivity contribution in [3.05, 3.63) is 35.9 Å². The molecule has 0 radical (unpaired) electrons. The first-order valence-electron chi connectivity index (χ1n) is 9.60. The molecule has 1 fully saturated rings. The van der Waals surface area contributed by atoms with Crippen molar-refractivity contribution in [1.82, 2.24) is 10.6 Å². The third-order valence-electron chi connectivity index (χ3n) is 4.30. The maximum atomic E-state index is 5.79. The van der Waals surface area contributed by atoms with E-state index in [9.17, 15) is 0 Å². The average molecular weight is 348 g/mol. The molecule has 1 saturated heterocycles. The Morgan fingerprint density at radius 3 is 2.76 bits per heavy atom. The highest BCUT2D eigenvalue weighted by molar-refractivity contribution is 5.79. The van der Waals surface area contributed by atoms with Crippen LogP contribution >= 0.6 is 0 Å². The molecule has 140 valence electrons. The molecule has 0 aromatic heterocycles. The number of aliphatic imine (C=N–C) groups is 1. The topological polar surface area (TPSA) is 54.9 Å². The first kappa shape index (κ1) is 19.7. The Morgan fingerprint density at radius 2 is 2.00 bits per heavy atom. The van der Waals surface area contributed by atoms with Crippen molar-refractivity contribution >= 4 is 5.96 Å². The average Bonchev–Trinajstić information content (AvgIpc) is 2.66. The van der Waals surface area contributed by atoms with Gasteiger partial charge < -0.3 is 20.1 Å². The van der Waals surface area contributed by atoms with Gasteiger partial charge in [0.05, 0.1) is 0 Å². The van der Waals surface area contributed by atoms with Crippen LogP contribution in [0.5, 0.6) is 0 Å². The number of nitrogens with zero attached hydrogens (tertiary/aromatic N) is 1. The van der Waals surface area contributed by atoms with Crippen LogP contribution in [0.25, 0.3) is 0 Å². The van der Waals surface area contributed by atoms with Crippen molar-refractivity contribution in [1.29, 1.82) is 0 Å². The molecule has 0 spiro atoms. The third-order valence-corrected chi connectivity index (χ3v) is 4.30. The smallest absolute Gasteiger partial charge is 0.191 e. The van der Waals surface area contributed by atoms with E-state index in [2.05, 4.69) is 46.8 Å². The van der Waals surface area contributed by atoms with Crippen molar-refractivity contribution in [2.45, 2.75) is 32.6 Å². The summed E-state index contributed by atoms with van der Waals surface area (Å²) in [6.07, 6.45) is 4.22. The van der Waals surface area contributed by atoms with Gasteiger partial charge in [-0.3, -0.25) is 4.99 Å². The lowest BCUT2D eigenvalue weighted by Gasteiger charge is -2.21. The number of ether oxygens (including phenoxy) is 2. The summed E-state index contributed by atoms with van der Waals surface area (Å²) in [7, 11) is 0. The molecular weight excluding hydrogens is 314 g/mol. The van der Waals surface area contributed by atoms with E-state index < -0.39 is 0 Å². The molecule has 2 N–H and O–H groups in total. The van der Waals surface area contributed by atoms with Crippen LogP contribution in [0.3, 0.4) is 0 Å². The molecule has 5 nitrogen and oxygen atoms in total. The summed E-state index contributed by atoms with van der Waals surface area (Å²) in [5, 5.41) is 6.69. The van der Waals surface area contributed by atoms with Gasteiger partial charge in [0.2, 0.25) is 0 Å². The fourth-order valence-electron chi connectivity index (χ4n) is 2.83. The molecule has 0 unspecified atom stereocenters.